The van der Waals surface area contributed by atoms with E-state index in [1.165, 1.54) is 48.5 Å². The summed E-state index contributed by atoms with van der Waals surface area (Å²) in [4.78, 5) is 12.8. The summed E-state index contributed by atoms with van der Waals surface area (Å²) in [5.74, 6) is -5.52. The predicted octanol–water partition coefficient (Wildman–Crippen LogP) is 5.69. The molecule has 4 aromatic rings. The maximum Gasteiger partial charge on any atom is 0.329 e. The summed E-state index contributed by atoms with van der Waals surface area (Å²) in [5, 5.41) is 1.44. The maximum atomic E-state index is 15.7. The van der Waals surface area contributed by atoms with E-state index in [4.69, 9.17) is 0 Å². The Morgan fingerprint density at radius 1 is 0.818 bits per heavy atom. The first-order valence-corrected chi connectivity index (χ1v) is 11.7. The lowest BCUT2D eigenvalue weighted by molar-refractivity contribution is -0.0110. The SMILES string of the molecule is Cc1ccc(S(=O)(=O)NC(c2ccccc2)C(F)(F)C(=O)c2ccc3ccccc3c2)cc1. The number of Topliss-reactive ketones (excluding diaryl/α,β-unsaturated/α-hetero) is 1. The van der Waals surface area contributed by atoms with Gasteiger partial charge in [0.15, 0.2) is 0 Å². The van der Waals surface area contributed by atoms with E-state index in [9.17, 15) is 13.2 Å². The number of carbonyl (C=O) groups is 1. The molecule has 0 spiro atoms. The summed E-state index contributed by atoms with van der Waals surface area (Å²) < 4.78 is 59.4. The number of sulfonamides is 1. The van der Waals surface area contributed by atoms with Crippen LogP contribution in [0.4, 0.5) is 8.78 Å². The van der Waals surface area contributed by atoms with Gasteiger partial charge in [0.2, 0.25) is 15.8 Å². The highest BCUT2D eigenvalue weighted by atomic mass is 32.2. The zero-order valence-corrected chi connectivity index (χ0v) is 18.5. The topological polar surface area (TPSA) is 63.2 Å². The first kappa shape index (κ1) is 22.8. The van der Waals surface area contributed by atoms with Crippen LogP contribution in [0.5, 0.6) is 0 Å². The zero-order valence-electron chi connectivity index (χ0n) is 17.7. The van der Waals surface area contributed by atoms with Crippen molar-refractivity contribution in [3.63, 3.8) is 0 Å². The second-order valence-corrected chi connectivity index (χ2v) is 9.51. The Morgan fingerprint density at radius 3 is 2.09 bits per heavy atom. The van der Waals surface area contributed by atoms with Crippen LogP contribution in [-0.4, -0.2) is 20.1 Å². The quantitative estimate of drug-likeness (QED) is 0.357. The van der Waals surface area contributed by atoms with Crippen molar-refractivity contribution in [2.75, 3.05) is 0 Å². The predicted molar refractivity (Wildman–Crippen MR) is 124 cm³/mol. The molecule has 0 aliphatic heterocycles. The van der Waals surface area contributed by atoms with E-state index >= 15 is 8.78 Å². The summed E-state index contributed by atoms with van der Waals surface area (Å²) in [5.41, 5.74) is 0.604. The van der Waals surface area contributed by atoms with Gasteiger partial charge < -0.3 is 0 Å². The van der Waals surface area contributed by atoms with E-state index < -0.39 is 27.8 Å². The van der Waals surface area contributed by atoms with Crippen LogP contribution in [0.1, 0.15) is 27.5 Å². The molecule has 1 unspecified atom stereocenters. The van der Waals surface area contributed by atoms with E-state index in [1.807, 2.05) is 12.1 Å². The van der Waals surface area contributed by atoms with Crippen molar-refractivity contribution in [3.8, 4) is 0 Å². The molecule has 0 aliphatic carbocycles. The third-order valence-corrected chi connectivity index (χ3v) is 6.85. The molecule has 33 heavy (non-hydrogen) atoms. The second-order valence-electron chi connectivity index (χ2n) is 7.79. The minimum atomic E-state index is -4.34. The normalized spacial score (nSPS) is 13.1. The van der Waals surface area contributed by atoms with Gasteiger partial charge in [-0.05, 0) is 41.5 Å². The van der Waals surface area contributed by atoms with Crippen molar-refractivity contribution in [2.24, 2.45) is 0 Å². The van der Waals surface area contributed by atoms with Gasteiger partial charge in [0, 0.05) is 5.56 Å². The van der Waals surface area contributed by atoms with Crippen LogP contribution in [0, 0.1) is 6.92 Å². The molecule has 0 saturated carbocycles. The molecule has 4 nitrogen and oxygen atoms in total. The van der Waals surface area contributed by atoms with Gasteiger partial charge in [0.05, 0.1) is 4.90 Å². The molecule has 1 N–H and O–H groups in total. The molecule has 0 saturated heterocycles. The molecular formula is C26H21F2NO3S. The molecule has 0 amide bonds. The number of hydrogen-bond donors (Lipinski definition) is 1. The number of alkyl halides is 2. The van der Waals surface area contributed by atoms with Gasteiger partial charge in [-0.2, -0.15) is 13.5 Å². The number of rotatable bonds is 7. The van der Waals surface area contributed by atoms with E-state index in [0.29, 0.717) is 5.39 Å². The van der Waals surface area contributed by atoms with Crippen molar-refractivity contribution < 1.29 is 22.0 Å². The highest BCUT2D eigenvalue weighted by Gasteiger charge is 2.50. The Morgan fingerprint density at radius 2 is 1.42 bits per heavy atom. The lowest BCUT2D eigenvalue weighted by atomic mass is 9.93. The van der Waals surface area contributed by atoms with Gasteiger partial charge in [-0.25, -0.2) is 8.42 Å². The van der Waals surface area contributed by atoms with Crippen molar-refractivity contribution in [1.29, 1.82) is 0 Å². The molecule has 4 aromatic carbocycles. The third kappa shape index (κ3) is 4.69. The summed E-state index contributed by atoms with van der Waals surface area (Å²) >= 11 is 0. The summed E-state index contributed by atoms with van der Waals surface area (Å²) in [6, 6.07) is 22.5. The molecule has 0 aliphatic rings. The van der Waals surface area contributed by atoms with E-state index in [0.717, 1.165) is 10.9 Å². The van der Waals surface area contributed by atoms with Crippen LogP contribution in [0.15, 0.2) is 102 Å². The number of ketones is 1. The standard InChI is InChI=1S/C26H21F2NO3S/c1-18-11-15-23(16-12-18)33(31,32)29-24(20-8-3-2-4-9-20)26(27,28)25(30)22-14-13-19-7-5-6-10-21(19)17-22/h2-17,24,29H,1H3. The van der Waals surface area contributed by atoms with Gasteiger partial charge in [-0.3, -0.25) is 4.79 Å². The average Bonchev–Trinajstić information content (AvgIpc) is 2.82. The maximum absolute atomic E-state index is 15.7. The number of hydrogen-bond acceptors (Lipinski definition) is 3. The molecule has 1 atom stereocenters. The average molecular weight is 466 g/mol. The van der Waals surface area contributed by atoms with Crippen LogP contribution < -0.4 is 4.72 Å². The van der Waals surface area contributed by atoms with Gasteiger partial charge in [0.1, 0.15) is 6.04 Å². The van der Waals surface area contributed by atoms with Crippen molar-refractivity contribution in [1.82, 2.24) is 4.72 Å². The van der Waals surface area contributed by atoms with Crippen LogP contribution in [0.3, 0.4) is 0 Å². The molecular weight excluding hydrogens is 444 g/mol. The van der Waals surface area contributed by atoms with Gasteiger partial charge in [-0.15, -0.1) is 0 Å². The number of halogens is 2. The lowest BCUT2D eigenvalue weighted by Gasteiger charge is -2.27. The molecule has 168 valence electrons. The first-order chi connectivity index (χ1) is 15.7. The number of carbonyl (C=O) groups excluding carboxylic acids is 1. The first-order valence-electron chi connectivity index (χ1n) is 10.2. The minimum absolute atomic E-state index is 0.0210. The fourth-order valence-corrected chi connectivity index (χ4v) is 4.82. The Kier molecular flexibility index (Phi) is 6.10. The number of aryl methyl sites for hydroxylation is 1. The summed E-state index contributed by atoms with van der Waals surface area (Å²) in [7, 11) is -4.34. The highest BCUT2D eigenvalue weighted by Crippen LogP contribution is 2.36. The molecule has 0 radical (unpaired) electrons. The number of benzene rings is 4. The third-order valence-electron chi connectivity index (χ3n) is 5.41. The van der Waals surface area contributed by atoms with Crippen LogP contribution in [-0.2, 0) is 10.0 Å². The van der Waals surface area contributed by atoms with E-state index in [-0.39, 0.29) is 16.0 Å². The van der Waals surface area contributed by atoms with Crippen molar-refractivity contribution in [3.05, 3.63) is 114 Å². The number of fused-ring (bicyclic) bond motifs is 1. The van der Waals surface area contributed by atoms with Gasteiger partial charge >= 0.3 is 5.92 Å². The van der Waals surface area contributed by atoms with Crippen LogP contribution in [0.25, 0.3) is 10.8 Å². The van der Waals surface area contributed by atoms with Crippen molar-refractivity contribution in [2.45, 2.75) is 23.8 Å². The molecule has 7 heteroatoms. The molecule has 0 bridgehead atoms. The summed E-state index contributed by atoms with van der Waals surface area (Å²) in [6.07, 6.45) is 0. The fraction of sp³-hybridized carbons (Fsp3) is 0.115. The fourth-order valence-electron chi connectivity index (χ4n) is 3.59. The van der Waals surface area contributed by atoms with Gasteiger partial charge in [0.25, 0.3) is 0 Å². The minimum Gasteiger partial charge on any atom is -0.287 e. The van der Waals surface area contributed by atoms with E-state index in [2.05, 4.69) is 4.72 Å². The molecule has 0 heterocycles. The number of nitrogens with one attached hydrogen (secondary N) is 1. The van der Waals surface area contributed by atoms with E-state index in [1.54, 1.807) is 43.3 Å². The zero-order chi connectivity index (χ0) is 23.6. The Balaban J connectivity index is 1.75. The van der Waals surface area contributed by atoms with Crippen LogP contribution in [0.2, 0.25) is 0 Å². The monoisotopic (exact) mass is 465 g/mol. The summed E-state index contributed by atoms with van der Waals surface area (Å²) in [6.45, 7) is 1.78. The Labute approximate surface area is 190 Å². The van der Waals surface area contributed by atoms with Crippen LogP contribution >= 0.6 is 0 Å². The smallest absolute Gasteiger partial charge is 0.287 e. The Hall–Kier alpha value is -3.42. The largest absolute Gasteiger partial charge is 0.329 e. The van der Waals surface area contributed by atoms with Gasteiger partial charge in [-0.1, -0.05) is 84.4 Å². The molecule has 0 fully saturated rings. The molecule has 4 rings (SSSR count). The molecule has 0 aromatic heterocycles. The lowest BCUT2D eigenvalue weighted by Crippen LogP contribution is -2.45. The highest BCUT2D eigenvalue weighted by molar-refractivity contribution is 7.89. The Bertz CT molecular complexity index is 1400. The second kappa shape index (κ2) is 8.84. The van der Waals surface area contributed by atoms with Crippen molar-refractivity contribution >= 4 is 26.6 Å².